The van der Waals surface area contributed by atoms with E-state index in [1.165, 1.54) is 24.0 Å². The molecule has 1 N–H and O–H groups in total. The van der Waals surface area contributed by atoms with Gasteiger partial charge in [0.25, 0.3) is 0 Å². The Bertz CT molecular complexity index is 469. The van der Waals surface area contributed by atoms with Crippen LogP contribution in [0.25, 0.3) is 0 Å². The summed E-state index contributed by atoms with van der Waals surface area (Å²) in [6.07, 6.45) is 2.38. The number of likely N-dealkylation sites (N-methyl/N-ethyl adjacent to an activating group) is 2. The van der Waals surface area contributed by atoms with Crippen molar-refractivity contribution in [3.63, 3.8) is 0 Å². The van der Waals surface area contributed by atoms with Crippen molar-refractivity contribution in [3.8, 4) is 0 Å². The number of carbonyl (C=O) groups excluding carboxylic acids is 1. The molecular formula is C17H27N3O. The van der Waals surface area contributed by atoms with Gasteiger partial charge in [-0.2, -0.15) is 0 Å². The number of hydrogen-bond acceptors (Lipinski definition) is 3. The Morgan fingerprint density at radius 1 is 1.33 bits per heavy atom. The number of benzene rings is 1. The van der Waals surface area contributed by atoms with Crippen LogP contribution in [0.1, 0.15) is 24.0 Å². The van der Waals surface area contributed by atoms with E-state index in [4.69, 9.17) is 0 Å². The third kappa shape index (κ3) is 4.55. The molecule has 116 valence electrons. The van der Waals surface area contributed by atoms with Gasteiger partial charge in [-0.15, -0.1) is 0 Å². The van der Waals surface area contributed by atoms with Gasteiger partial charge < -0.3 is 10.2 Å². The first-order chi connectivity index (χ1) is 10.1. The molecule has 4 nitrogen and oxygen atoms in total. The van der Waals surface area contributed by atoms with Gasteiger partial charge in [-0.25, -0.2) is 0 Å². The molecule has 0 aromatic heterocycles. The summed E-state index contributed by atoms with van der Waals surface area (Å²) in [6, 6.07) is 8.72. The maximum absolute atomic E-state index is 12.4. The van der Waals surface area contributed by atoms with Crippen molar-refractivity contribution < 1.29 is 4.79 Å². The van der Waals surface area contributed by atoms with E-state index >= 15 is 0 Å². The molecule has 1 aromatic rings. The minimum atomic E-state index is 0.186. The number of aryl methyl sites for hydroxylation is 1. The second kappa shape index (κ2) is 7.57. The van der Waals surface area contributed by atoms with Crippen molar-refractivity contribution in [2.24, 2.45) is 0 Å². The SMILES string of the molecule is Cc1ccccc1CN(C)C(=O)CN(C)C1CCCNC1. The number of piperidine rings is 1. The Balaban J connectivity index is 1.86. The average Bonchev–Trinajstić information content (AvgIpc) is 2.50. The summed E-state index contributed by atoms with van der Waals surface area (Å²) in [6.45, 7) is 5.36. The van der Waals surface area contributed by atoms with E-state index in [0.29, 0.717) is 19.1 Å². The number of rotatable bonds is 5. The highest BCUT2D eigenvalue weighted by Crippen LogP contribution is 2.11. The maximum atomic E-state index is 12.4. The van der Waals surface area contributed by atoms with Crippen LogP contribution in [0.2, 0.25) is 0 Å². The molecule has 1 heterocycles. The van der Waals surface area contributed by atoms with Crippen molar-refractivity contribution in [1.82, 2.24) is 15.1 Å². The highest BCUT2D eigenvalue weighted by Gasteiger charge is 2.21. The highest BCUT2D eigenvalue weighted by atomic mass is 16.2. The van der Waals surface area contributed by atoms with Gasteiger partial charge in [0.15, 0.2) is 0 Å². The third-order valence-corrected chi connectivity index (χ3v) is 4.37. The van der Waals surface area contributed by atoms with Crippen molar-refractivity contribution in [3.05, 3.63) is 35.4 Å². The lowest BCUT2D eigenvalue weighted by Gasteiger charge is -2.32. The normalized spacial score (nSPS) is 18.8. The third-order valence-electron chi connectivity index (χ3n) is 4.37. The number of nitrogens with one attached hydrogen (secondary N) is 1. The first kappa shape index (κ1) is 16.0. The number of amides is 1. The van der Waals surface area contributed by atoms with Crippen LogP contribution in [0.15, 0.2) is 24.3 Å². The van der Waals surface area contributed by atoms with Crippen LogP contribution < -0.4 is 5.32 Å². The molecule has 21 heavy (non-hydrogen) atoms. The van der Waals surface area contributed by atoms with Gasteiger partial charge in [0.2, 0.25) is 5.91 Å². The average molecular weight is 289 g/mol. The fourth-order valence-corrected chi connectivity index (χ4v) is 2.80. The molecular weight excluding hydrogens is 262 g/mol. The molecule has 1 saturated heterocycles. The van der Waals surface area contributed by atoms with E-state index in [-0.39, 0.29) is 5.91 Å². The van der Waals surface area contributed by atoms with Crippen LogP contribution >= 0.6 is 0 Å². The Morgan fingerprint density at radius 3 is 2.76 bits per heavy atom. The smallest absolute Gasteiger partial charge is 0.236 e. The fourth-order valence-electron chi connectivity index (χ4n) is 2.80. The Morgan fingerprint density at radius 2 is 2.10 bits per heavy atom. The van der Waals surface area contributed by atoms with Gasteiger partial charge in [0, 0.05) is 26.2 Å². The molecule has 0 saturated carbocycles. The van der Waals surface area contributed by atoms with Crippen LogP contribution in [0.5, 0.6) is 0 Å². The lowest BCUT2D eigenvalue weighted by Crippen LogP contribution is -2.47. The molecule has 0 aliphatic carbocycles. The predicted octanol–water partition coefficient (Wildman–Crippen LogP) is 1.64. The first-order valence-corrected chi connectivity index (χ1v) is 7.77. The van der Waals surface area contributed by atoms with E-state index in [2.05, 4.69) is 36.3 Å². The molecule has 1 amide bonds. The summed E-state index contributed by atoms with van der Waals surface area (Å²) in [5.74, 6) is 0.186. The van der Waals surface area contributed by atoms with Crippen LogP contribution in [0.4, 0.5) is 0 Å². The summed E-state index contributed by atoms with van der Waals surface area (Å²) in [4.78, 5) is 16.4. The quantitative estimate of drug-likeness (QED) is 0.895. The standard InChI is InChI=1S/C17H27N3O/c1-14-7-4-5-8-15(14)12-20(3)17(21)13-19(2)16-9-6-10-18-11-16/h4-5,7-8,16,18H,6,9-13H2,1-3H3. The van der Waals surface area contributed by atoms with Crippen molar-refractivity contribution in [1.29, 1.82) is 0 Å². The molecule has 1 unspecified atom stereocenters. The van der Waals surface area contributed by atoms with Gasteiger partial charge in [0.1, 0.15) is 0 Å². The molecule has 1 aliphatic heterocycles. The van der Waals surface area contributed by atoms with Crippen LogP contribution in [0, 0.1) is 6.92 Å². The maximum Gasteiger partial charge on any atom is 0.236 e. The second-order valence-corrected chi connectivity index (χ2v) is 6.09. The summed E-state index contributed by atoms with van der Waals surface area (Å²) in [5.41, 5.74) is 2.46. The zero-order chi connectivity index (χ0) is 15.2. The zero-order valence-corrected chi connectivity index (χ0v) is 13.4. The highest BCUT2D eigenvalue weighted by molar-refractivity contribution is 5.78. The van der Waals surface area contributed by atoms with Gasteiger partial charge in [-0.3, -0.25) is 9.69 Å². The van der Waals surface area contributed by atoms with Gasteiger partial charge >= 0.3 is 0 Å². The van der Waals surface area contributed by atoms with E-state index < -0.39 is 0 Å². The summed E-state index contributed by atoms with van der Waals surface area (Å²) >= 11 is 0. The molecule has 1 aromatic carbocycles. The summed E-state index contributed by atoms with van der Waals surface area (Å²) < 4.78 is 0. The monoisotopic (exact) mass is 289 g/mol. The minimum Gasteiger partial charge on any atom is -0.340 e. The molecule has 0 bridgehead atoms. The minimum absolute atomic E-state index is 0.186. The van der Waals surface area contributed by atoms with Gasteiger partial charge in [-0.05, 0) is 44.5 Å². The Labute approximate surface area is 128 Å². The lowest BCUT2D eigenvalue weighted by molar-refractivity contribution is -0.131. The summed E-state index contributed by atoms with van der Waals surface area (Å²) in [5, 5.41) is 3.40. The molecule has 0 spiro atoms. The van der Waals surface area contributed by atoms with E-state index in [0.717, 1.165) is 13.1 Å². The summed E-state index contributed by atoms with van der Waals surface area (Å²) in [7, 11) is 3.94. The number of carbonyl (C=O) groups is 1. The van der Waals surface area contributed by atoms with Gasteiger partial charge in [-0.1, -0.05) is 24.3 Å². The van der Waals surface area contributed by atoms with Crippen molar-refractivity contribution in [2.75, 3.05) is 33.7 Å². The first-order valence-electron chi connectivity index (χ1n) is 7.77. The van der Waals surface area contributed by atoms with E-state index in [1.54, 1.807) is 0 Å². The van der Waals surface area contributed by atoms with Crippen LogP contribution in [0.3, 0.4) is 0 Å². The van der Waals surface area contributed by atoms with Gasteiger partial charge in [0.05, 0.1) is 6.54 Å². The number of hydrogen-bond donors (Lipinski definition) is 1. The Kier molecular flexibility index (Phi) is 5.76. The van der Waals surface area contributed by atoms with Crippen LogP contribution in [-0.2, 0) is 11.3 Å². The predicted molar refractivity (Wildman–Crippen MR) is 86.2 cm³/mol. The number of nitrogens with zero attached hydrogens (tertiary/aromatic N) is 2. The molecule has 4 heteroatoms. The largest absolute Gasteiger partial charge is 0.340 e. The molecule has 1 fully saturated rings. The molecule has 1 aliphatic rings. The molecule has 1 atom stereocenters. The van der Waals surface area contributed by atoms with E-state index in [1.807, 2.05) is 24.1 Å². The molecule has 0 radical (unpaired) electrons. The lowest BCUT2D eigenvalue weighted by atomic mass is 10.1. The fraction of sp³-hybridized carbons (Fsp3) is 0.588. The topological polar surface area (TPSA) is 35.6 Å². The van der Waals surface area contributed by atoms with Crippen molar-refractivity contribution in [2.45, 2.75) is 32.4 Å². The van der Waals surface area contributed by atoms with E-state index in [9.17, 15) is 4.79 Å². The molecule has 2 rings (SSSR count). The second-order valence-electron chi connectivity index (χ2n) is 6.09. The van der Waals surface area contributed by atoms with Crippen molar-refractivity contribution >= 4 is 5.91 Å². The van der Waals surface area contributed by atoms with Crippen LogP contribution in [-0.4, -0.2) is 55.5 Å². The zero-order valence-electron chi connectivity index (χ0n) is 13.4. The Hall–Kier alpha value is -1.39.